The molecule has 0 aliphatic heterocycles. The highest BCUT2D eigenvalue weighted by atomic mass is 15.1. The Kier molecular flexibility index (Phi) is 9.44. The lowest BCUT2D eigenvalue weighted by Gasteiger charge is -2.33. The van der Waals surface area contributed by atoms with Crippen LogP contribution in [0.25, 0.3) is 86.9 Å². The molecule has 1 heteroatoms. The van der Waals surface area contributed by atoms with Crippen LogP contribution in [0.5, 0.6) is 0 Å². The Morgan fingerprint density at radius 2 is 0.765 bits per heavy atom. The summed E-state index contributed by atoms with van der Waals surface area (Å²) in [7, 11) is 0. The van der Waals surface area contributed by atoms with Gasteiger partial charge < -0.3 is 4.90 Å². The Morgan fingerprint density at radius 3 is 1.38 bits per heavy atom. The van der Waals surface area contributed by atoms with E-state index in [0.29, 0.717) is 0 Å². The molecule has 0 saturated heterocycles. The van der Waals surface area contributed by atoms with Gasteiger partial charge in [-0.25, -0.2) is 0 Å². The topological polar surface area (TPSA) is 3.24 Å². The summed E-state index contributed by atoms with van der Waals surface area (Å²) >= 11 is 0. The van der Waals surface area contributed by atoms with Gasteiger partial charge in [0, 0.05) is 22.5 Å². The van der Waals surface area contributed by atoms with Crippen molar-refractivity contribution in [3.05, 3.63) is 271 Å². The molecule has 0 heterocycles. The van der Waals surface area contributed by atoms with E-state index in [1.54, 1.807) is 0 Å². The number of benzene rings is 13. The minimum absolute atomic E-state index is 0.270. The summed E-state index contributed by atoms with van der Waals surface area (Å²) < 4.78 is 0. The van der Waals surface area contributed by atoms with E-state index < -0.39 is 0 Å². The van der Waals surface area contributed by atoms with Crippen LogP contribution in [-0.2, 0) is 11.8 Å². The fraction of sp³-hybridized carbons (Fsp3) is 0.0448. The average Bonchev–Trinajstić information content (AvgIpc) is 3.40. The zero-order chi connectivity index (χ0) is 45.2. The zero-order valence-corrected chi connectivity index (χ0v) is 37.9. The van der Waals surface area contributed by atoms with E-state index in [0.717, 1.165) is 23.5 Å². The predicted octanol–water partition coefficient (Wildman–Crippen LogP) is 18.4. The fourth-order valence-corrected chi connectivity index (χ4v) is 11.2. The molecule has 68 heavy (non-hydrogen) atoms. The fourth-order valence-electron chi connectivity index (χ4n) is 11.2. The number of hydrogen-bond donors (Lipinski definition) is 0. The lowest BCUT2D eigenvalue weighted by Crippen LogP contribution is -2.27. The van der Waals surface area contributed by atoms with Crippen molar-refractivity contribution in [2.24, 2.45) is 0 Å². The smallest absolute Gasteiger partial charge is 0.0468 e. The third-order valence-corrected chi connectivity index (χ3v) is 14.7. The SMILES string of the molecule is C[C@](Cc1ccc2ccccc2c1)(c1ccccc1)c1ccc2ccc3c(-c4ccc(-c5ccc(N(c6ccc7ccccc7c6)c6ccc7ccccc7c6)cc5)cc4)ccc4ccc1c2c43. The van der Waals surface area contributed by atoms with Gasteiger partial charge in [0.05, 0.1) is 0 Å². The summed E-state index contributed by atoms with van der Waals surface area (Å²) in [5.41, 5.74) is 12.0. The largest absolute Gasteiger partial charge is 0.310 e. The molecule has 0 spiro atoms. The van der Waals surface area contributed by atoms with E-state index >= 15 is 0 Å². The van der Waals surface area contributed by atoms with Gasteiger partial charge in [-0.1, -0.05) is 225 Å². The van der Waals surface area contributed by atoms with Crippen LogP contribution in [-0.4, -0.2) is 0 Å². The third kappa shape index (κ3) is 6.78. The van der Waals surface area contributed by atoms with Crippen molar-refractivity contribution >= 4 is 81.7 Å². The van der Waals surface area contributed by atoms with Crippen molar-refractivity contribution in [2.75, 3.05) is 4.90 Å². The van der Waals surface area contributed by atoms with Gasteiger partial charge in [-0.3, -0.25) is 0 Å². The molecular weight excluding hydrogens is 819 g/mol. The molecule has 0 unspecified atom stereocenters. The zero-order valence-electron chi connectivity index (χ0n) is 37.9. The first-order valence-electron chi connectivity index (χ1n) is 23.8. The van der Waals surface area contributed by atoms with Crippen molar-refractivity contribution in [3.63, 3.8) is 0 Å². The number of nitrogens with zero attached hydrogens (tertiary/aromatic N) is 1. The average molecular weight is 866 g/mol. The molecule has 0 amide bonds. The minimum atomic E-state index is -0.270. The molecule has 320 valence electrons. The molecule has 0 aliphatic carbocycles. The molecule has 13 rings (SSSR count). The van der Waals surface area contributed by atoms with E-state index in [9.17, 15) is 0 Å². The van der Waals surface area contributed by atoms with Crippen LogP contribution in [0.3, 0.4) is 0 Å². The van der Waals surface area contributed by atoms with E-state index in [1.165, 1.54) is 104 Å². The molecule has 0 N–H and O–H groups in total. The molecule has 0 saturated carbocycles. The van der Waals surface area contributed by atoms with Crippen LogP contribution in [0.1, 0.15) is 23.6 Å². The van der Waals surface area contributed by atoms with Crippen molar-refractivity contribution in [3.8, 4) is 22.3 Å². The Balaban J connectivity index is 0.861. The number of hydrogen-bond acceptors (Lipinski definition) is 1. The van der Waals surface area contributed by atoms with Gasteiger partial charge >= 0.3 is 0 Å². The molecule has 1 atom stereocenters. The van der Waals surface area contributed by atoms with Gasteiger partial charge in [-0.15, -0.1) is 0 Å². The van der Waals surface area contributed by atoms with Crippen molar-refractivity contribution in [2.45, 2.75) is 18.8 Å². The highest BCUT2D eigenvalue weighted by molar-refractivity contribution is 6.26. The van der Waals surface area contributed by atoms with Crippen molar-refractivity contribution in [1.29, 1.82) is 0 Å². The second kappa shape index (κ2) is 16.1. The quantitative estimate of drug-likeness (QED) is 0.131. The Labute approximate surface area is 397 Å². The third-order valence-electron chi connectivity index (χ3n) is 14.7. The summed E-state index contributed by atoms with van der Waals surface area (Å²) in [4.78, 5) is 2.37. The first-order chi connectivity index (χ1) is 33.5. The van der Waals surface area contributed by atoms with Crippen molar-refractivity contribution in [1.82, 2.24) is 0 Å². The first kappa shape index (κ1) is 39.8. The Bertz CT molecular complexity index is 3920. The van der Waals surface area contributed by atoms with Gasteiger partial charge in [-0.2, -0.15) is 0 Å². The van der Waals surface area contributed by atoms with Gasteiger partial charge in [0.1, 0.15) is 0 Å². The van der Waals surface area contributed by atoms with Gasteiger partial charge in [-0.05, 0) is 146 Å². The monoisotopic (exact) mass is 865 g/mol. The number of anilines is 3. The summed E-state index contributed by atoms with van der Waals surface area (Å²) in [6, 6.07) is 94.4. The van der Waals surface area contributed by atoms with Crippen LogP contribution in [0, 0.1) is 0 Å². The Morgan fingerprint density at radius 1 is 0.324 bits per heavy atom. The molecule has 0 radical (unpaired) electrons. The van der Waals surface area contributed by atoms with Gasteiger partial charge in [0.25, 0.3) is 0 Å². The maximum atomic E-state index is 2.44. The number of rotatable bonds is 9. The molecule has 0 aliphatic rings. The summed E-state index contributed by atoms with van der Waals surface area (Å²) in [5, 5.41) is 15.3. The second-order valence-corrected chi connectivity index (χ2v) is 18.7. The highest BCUT2D eigenvalue weighted by Crippen LogP contribution is 2.46. The minimum Gasteiger partial charge on any atom is -0.310 e. The highest BCUT2D eigenvalue weighted by Gasteiger charge is 2.32. The molecule has 0 aromatic heterocycles. The Hall–Kier alpha value is -8.52. The normalized spacial score (nSPS) is 12.7. The molecule has 0 bridgehead atoms. The summed E-state index contributed by atoms with van der Waals surface area (Å²) in [6.45, 7) is 2.44. The molecular formula is C67H47N. The lowest BCUT2D eigenvalue weighted by molar-refractivity contribution is 0.573. The van der Waals surface area contributed by atoms with Gasteiger partial charge in [0.2, 0.25) is 0 Å². The predicted molar refractivity (Wildman–Crippen MR) is 291 cm³/mol. The van der Waals surface area contributed by atoms with E-state index in [1.807, 2.05) is 0 Å². The van der Waals surface area contributed by atoms with E-state index in [-0.39, 0.29) is 5.41 Å². The molecule has 1 nitrogen and oxygen atoms in total. The summed E-state index contributed by atoms with van der Waals surface area (Å²) in [6.07, 6.45) is 0.888. The lowest BCUT2D eigenvalue weighted by atomic mass is 9.70. The second-order valence-electron chi connectivity index (χ2n) is 18.7. The van der Waals surface area contributed by atoms with Crippen LogP contribution in [0.15, 0.2) is 255 Å². The van der Waals surface area contributed by atoms with Crippen LogP contribution >= 0.6 is 0 Å². The number of fused-ring (bicyclic) bond motifs is 3. The van der Waals surface area contributed by atoms with Crippen LogP contribution in [0.2, 0.25) is 0 Å². The van der Waals surface area contributed by atoms with Gasteiger partial charge in [0.15, 0.2) is 0 Å². The molecule has 13 aromatic rings. The van der Waals surface area contributed by atoms with E-state index in [4.69, 9.17) is 0 Å². The van der Waals surface area contributed by atoms with Crippen LogP contribution in [0.4, 0.5) is 17.1 Å². The standard InChI is InChI=1S/C67H47N/c1-67(57-17-3-2-4-18-57,44-45-19-20-46-11-5-8-14-54(46)41-45)64-40-32-53-30-38-62-61(37-29-52-31-39-63(64)66(53)65(52)62)51-23-21-49(22-24-51)50-25-33-58(34-26-50)68(59-35-27-47-12-6-9-15-55(47)42-59)60-36-28-48-13-7-10-16-56(48)43-60/h2-43H,44H2,1H3/t67-/m0/s1. The van der Waals surface area contributed by atoms with Crippen molar-refractivity contribution < 1.29 is 0 Å². The molecule has 0 fully saturated rings. The maximum Gasteiger partial charge on any atom is 0.0468 e. The van der Waals surface area contributed by atoms with Crippen LogP contribution < -0.4 is 4.90 Å². The molecule has 13 aromatic carbocycles. The first-order valence-corrected chi connectivity index (χ1v) is 23.8. The summed E-state index contributed by atoms with van der Waals surface area (Å²) in [5.74, 6) is 0. The van der Waals surface area contributed by atoms with E-state index in [2.05, 4.69) is 267 Å². The maximum absolute atomic E-state index is 2.44.